The van der Waals surface area contributed by atoms with Gasteiger partial charge in [0.25, 0.3) is 0 Å². The SMILES string of the molecule is O=C(COCC(F)(F)F)N1C[C@@H](F)C[C@H]1CO. The normalized spacial score (nSPS) is 25.4. The summed E-state index contributed by atoms with van der Waals surface area (Å²) in [5.41, 5.74) is 0. The number of carbonyl (C=O) groups excluding carboxylic acids is 1. The van der Waals surface area contributed by atoms with Crippen LogP contribution in [-0.4, -0.2) is 60.7 Å². The highest BCUT2D eigenvalue weighted by Crippen LogP contribution is 2.20. The number of hydrogen-bond donors (Lipinski definition) is 1. The molecule has 0 bridgehead atoms. The van der Waals surface area contributed by atoms with Crippen LogP contribution in [0.4, 0.5) is 17.6 Å². The molecule has 2 atom stereocenters. The molecule has 1 aliphatic heterocycles. The van der Waals surface area contributed by atoms with E-state index < -0.39 is 44.1 Å². The lowest BCUT2D eigenvalue weighted by Gasteiger charge is -2.22. The van der Waals surface area contributed by atoms with Gasteiger partial charge in [0.1, 0.15) is 19.4 Å². The number of rotatable bonds is 4. The van der Waals surface area contributed by atoms with Gasteiger partial charge in [-0.2, -0.15) is 13.2 Å². The Labute approximate surface area is 95.1 Å². The number of aliphatic hydroxyl groups excluding tert-OH is 1. The Bertz CT molecular complexity index is 271. The van der Waals surface area contributed by atoms with E-state index in [4.69, 9.17) is 5.11 Å². The van der Waals surface area contributed by atoms with Gasteiger partial charge in [0.15, 0.2) is 0 Å². The van der Waals surface area contributed by atoms with Crippen LogP contribution in [0.2, 0.25) is 0 Å². The van der Waals surface area contributed by atoms with Crippen LogP contribution in [0, 0.1) is 0 Å². The second kappa shape index (κ2) is 5.63. The molecule has 0 radical (unpaired) electrons. The number of ether oxygens (including phenoxy) is 1. The molecule has 4 nitrogen and oxygen atoms in total. The lowest BCUT2D eigenvalue weighted by Crippen LogP contribution is -2.40. The summed E-state index contributed by atoms with van der Waals surface area (Å²) in [6, 6.07) is -0.674. The Morgan fingerprint density at radius 3 is 2.65 bits per heavy atom. The lowest BCUT2D eigenvalue weighted by atomic mass is 10.2. The number of halogens is 4. The first-order valence-corrected chi connectivity index (χ1v) is 5.02. The fourth-order valence-electron chi connectivity index (χ4n) is 1.68. The Hall–Kier alpha value is -0.890. The fourth-order valence-corrected chi connectivity index (χ4v) is 1.68. The zero-order valence-electron chi connectivity index (χ0n) is 8.91. The Balaban J connectivity index is 2.37. The fraction of sp³-hybridized carbons (Fsp3) is 0.889. The minimum absolute atomic E-state index is 0.00150. The molecule has 8 heteroatoms. The van der Waals surface area contributed by atoms with Gasteiger partial charge in [0.2, 0.25) is 5.91 Å². The summed E-state index contributed by atoms with van der Waals surface area (Å²) in [6.07, 6.45) is -5.75. The predicted molar refractivity (Wildman–Crippen MR) is 49.0 cm³/mol. The van der Waals surface area contributed by atoms with Crippen molar-refractivity contribution in [1.82, 2.24) is 4.90 Å². The van der Waals surface area contributed by atoms with Gasteiger partial charge in [-0.05, 0) is 0 Å². The van der Waals surface area contributed by atoms with Crippen LogP contribution in [0.3, 0.4) is 0 Å². The van der Waals surface area contributed by atoms with Crippen LogP contribution in [0.15, 0.2) is 0 Å². The second-order valence-corrected chi connectivity index (χ2v) is 3.82. The van der Waals surface area contributed by atoms with E-state index in [1.807, 2.05) is 0 Å². The molecule has 0 spiro atoms. The molecule has 1 aliphatic rings. The van der Waals surface area contributed by atoms with Crippen LogP contribution < -0.4 is 0 Å². The molecule has 1 amide bonds. The van der Waals surface area contributed by atoms with Crippen LogP contribution in [-0.2, 0) is 9.53 Å². The lowest BCUT2D eigenvalue weighted by molar-refractivity contribution is -0.178. The van der Waals surface area contributed by atoms with Crippen molar-refractivity contribution in [3.63, 3.8) is 0 Å². The largest absolute Gasteiger partial charge is 0.411 e. The summed E-state index contributed by atoms with van der Waals surface area (Å²) < 4.78 is 52.4. The molecule has 0 aromatic rings. The Morgan fingerprint density at radius 2 is 2.12 bits per heavy atom. The van der Waals surface area contributed by atoms with Crippen molar-refractivity contribution in [2.75, 3.05) is 26.4 Å². The number of alkyl halides is 4. The summed E-state index contributed by atoms with van der Waals surface area (Å²) >= 11 is 0. The average molecular weight is 259 g/mol. The van der Waals surface area contributed by atoms with Gasteiger partial charge in [0, 0.05) is 6.42 Å². The number of nitrogens with zero attached hydrogens (tertiary/aromatic N) is 1. The summed E-state index contributed by atoms with van der Waals surface area (Å²) in [5.74, 6) is -0.742. The summed E-state index contributed by atoms with van der Waals surface area (Å²) in [7, 11) is 0. The van der Waals surface area contributed by atoms with Crippen molar-refractivity contribution in [1.29, 1.82) is 0 Å². The van der Waals surface area contributed by atoms with Crippen molar-refractivity contribution < 1.29 is 32.2 Å². The molecule has 1 heterocycles. The molecule has 17 heavy (non-hydrogen) atoms. The van der Waals surface area contributed by atoms with Crippen molar-refractivity contribution >= 4 is 5.91 Å². The first kappa shape index (κ1) is 14.2. The first-order valence-electron chi connectivity index (χ1n) is 5.02. The standard InChI is InChI=1S/C9H13F4NO3/c10-6-1-7(3-15)14(2-6)8(16)4-17-5-9(11,12)13/h6-7,15H,1-5H2/t6-,7-/m0/s1. The average Bonchev–Trinajstić information content (AvgIpc) is 2.57. The molecule has 0 unspecified atom stereocenters. The number of carbonyl (C=O) groups is 1. The van der Waals surface area contributed by atoms with Crippen molar-refractivity contribution in [2.24, 2.45) is 0 Å². The minimum Gasteiger partial charge on any atom is -0.394 e. The molecular formula is C9H13F4NO3. The quantitative estimate of drug-likeness (QED) is 0.748. The maximum atomic E-state index is 13.0. The molecule has 0 saturated carbocycles. The van der Waals surface area contributed by atoms with Gasteiger partial charge >= 0.3 is 6.18 Å². The zero-order valence-corrected chi connectivity index (χ0v) is 8.91. The molecule has 1 N–H and O–H groups in total. The molecule has 1 saturated heterocycles. The highest BCUT2D eigenvalue weighted by Gasteiger charge is 2.35. The second-order valence-electron chi connectivity index (χ2n) is 3.82. The van der Waals surface area contributed by atoms with Gasteiger partial charge in [-0.25, -0.2) is 4.39 Å². The number of amides is 1. The van der Waals surface area contributed by atoms with Crippen molar-refractivity contribution in [3.05, 3.63) is 0 Å². The minimum atomic E-state index is -4.50. The summed E-state index contributed by atoms with van der Waals surface area (Å²) in [6.45, 7) is -2.90. The smallest absolute Gasteiger partial charge is 0.394 e. The van der Waals surface area contributed by atoms with E-state index in [1.165, 1.54) is 0 Å². The van der Waals surface area contributed by atoms with E-state index in [0.29, 0.717) is 0 Å². The highest BCUT2D eigenvalue weighted by atomic mass is 19.4. The number of hydrogen-bond acceptors (Lipinski definition) is 3. The van der Waals surface area contributed by atoms with Crippen LogP contribution in [0.1, 0.15) is 6.42 Å². The van der Waals surface area contributed by atoms with Gasteiger partial charge < -0.3 is 14.7 Å². The molecule has 1 fully saturated rings. The van der Waals surface area contributed by atoms with E-state index in [1.54, 1.807) is 0 Å². The van der Waals surface area contributed by atoms with E-state index in [2.05, 4.69) is 4.74 Å². The molecular weight excluding hydrogens is 246 g/mol. The van der Waals surface area contributed by atoms with Gasteiger partial charge in [0.05, 0.1) is 19.2 Å². The zero-order chi connectivity index (χ0) is 13.1. The number of aliphatic hydroxyl groups is 1. The third-order valence-corrected chi connectivity index (χ3v) is 2.39. The van der Waals surface area contributed by atoms with Gasteiger partial charge in [-0.15, -0.1) is 0 Å². The summed E-state index contributed by atoms with van der Waals surface area (Å²) in [4.78, 5) is 12.4. The maximum Gasteiger partial charge on any atom is 0.411 e. The van der Waals surface area contributed by atoms with Crippen molar-refractivity contribution in [2.45, 2.75) is 24.8 Å². The Morgan fingerprint density at radius 1 is 1.47 bits per heavy atom. The van der Waals surface area contributed by atoms with E-state index in [0.717, 1.165) is 4.90 Å². The van der Waals surface area contributed by atoms with E-state index in [9.17, 15) is 22.4 Å². The highest BCUT2D eigenvalue weighted by molar-refractivity contribution is 5.78. The Kier molecular flexibility index (Phi) is 4.70. The van der Waals surface area contributed by atoms with E-state index >= 15 is 0 Å². The molecule has 0 aliphatic carbocycles. The molecule has 0 aromatic carbocycles. The summed E-state index contributed by atoms with van der Waals surface area (Å²) in [5, 5.41) is 8.88. The van der Waals surface area contributed by atoms with Crippen molar-refractivity contribution in [3.8, 4) is 0 Å². The van der Waals surface area contributed by atoms with E-state index in [-0.39, 0.29) is 13.0 Å². The topological polar surface area (TPSA) is 49.8 Å². The molecule has 100 valence electrons. The monoisotopic (exact) mass is 259 g/mol. The first-order chi connectivity index (χ1) is 7.83. The maximum absolute atomic E-state index is 13.0. The van der Waals surface area contributed by atoms with Gasteiger partial charge in [-0.1, -0.05) is 0 Å². The molecule has 1 rings (SSSR count). The van der Waals surface area contributed by atoms with Gasteiger partial charge in [-0.3, -0.25) is 4.79 Å². The molecule has 0 aromatic heterocycles. The van der Waals surface area contributed by atoms with Crippen LogP contribution in [0.5, 0.6) is 0 Å². The number of likely N-dealkylation sites (tertiary alicyclic amines) is 1. The van der Waals surface area contributed by atoms with Crippen LogP contribution >= 0.6 is 0 Å². The predicted octanol–water partition coefficient (Wildman–Crippen LogP) is 0.497. The third kappa shape index (κ3) is 4.47. The third-order valence-electron chi connectivity index (χ3n) is 2.39. The van der Waals surface area contributed by atoms with Crippen LogP contribution in [0.25, 0.3) is 0 Å².